The van der Waals surface area contributed by atoms with Crippen molar-refractivity contribution in [2.45, 2.75) is 27.7 Å². The SMILES string of the molecule is Cc1c(NC(=O)c2oc3c(C)ccc(C)c3c2C)cccc1C(=O)Nc1ccccc1. The molecule has 3 aromatic carbocycles. The second-order valence-corrected chi connectivity index (χ2v) is 7.71. The summed E-state index contributed by atoms with van der Waals surface area (Å²) in [6.45, 7) is 7.68. The van der Waals surface area contributed by atoms with Crippen molar-refractivity contribution in [3.63, 3.8) is 0 Å². The van der Waals surface area contributed by atoms with Crippen LogP contribution in [0.4, 0.5) is 11.4 Å². The third kappa shape index (κ3) is 3.82. The van der Waals surface area contributed by atoms with E-state index in [-0.39, 0.29) is 17.6 Å². The monoisotopic (exact) mass is 412 g/mol. The molecule has 156 valence electrons. The molecule has 0 aliphatic carbocycles. The zero-order valence-electron chi connectivity index (χ0n) is 18.0. The minimum atomic E-state index is -0.337. The first-order valence-electron chi connectivity index (χ1n) is 10.1. The molecule has 2 N–H and O–H groups in total. The first kappa shape index (κ1) is 20.4. The molecule has 0 aliphatic rings. The number of fused-ring (bicyclic) bond motifs is 1. The van der Waals surface area contributed by atoms with Gasteiger partial charge >= 0.3 is 0 Å². The van der Waals surface area contributed by atoms with Gasteiger partial charge in [0.15, 0.2) is 5.76 Å². The van der Waals surface area contributed by atoms with Gasteiger partial charge in [-0.05, 0) is 68.7 Å². The molecule has 0 saturated carbocycles. The minimum Gasteiger partial charge on any atom is -0.450 e. The second-order valence-electron chi connectivity index (χ2n) is 7.71. The van der Waals surface area contributed by atoms with Gasteiger partial charge in [-0.25, -0.2) is 0 Å². The fourth-order valence-electron chi connectivity index (χ4n) is 3.81. The molecule has 1 aromatic heterocycles. The molecule has 5 heteroatoms. The molecule has 0 bridgehead atoms. The van der Waals surface area contributed by atoms with E-state index in [0.717, 1.165) is 27.7 Å². The van der Waals surface area contributed by atoms with Crippen molar-refractivity contribution in [1.82, 2.24) is 0 Å². The first-order valence-corrected chi connectivity index (χ1v) is 10.1. The van der Waals surface area contributed by atoms with Crippen LogP contribution in [0.5, 0.6) is 0 Å². The molecular formula is C26H24N2O3. The molecule has 0 radical (unpaired) electrons. The molecule has 0 spiro atoms. The Balaban J connectivity index is 1.62. The van der Waals surface area contributed by atoms with Gasteiger partial charge in [0, 0.05) is 27.9 Å². The maximum absolute atomic E-state index is 13.0. The van der Waals surface area contributed by atoms with Crippen molar-refractivity contribution in [3.05, 3.63) is 94.2 Å². The number of amides is 2. The highest BCUT2D eigenvalue weighted by Crippen LogP contribution is 2.31. The molecular weight excluding hydrogens is 388 g/mol. The molecule has 4 aromatic rings. The van der Waals surface area contributed by atoms with E-state index in [9.17, 15) is 9.59 Å². The van der Waals surface area contributed by atoms with Crippen LogP contribution in [0.1, 0.15) is 43.2 Å². The number of carbonyl (C=O) groups is 2. The summed E-state index contributed by atoms with van der Waals surface area (Å²) >= 11 is 0. The topological polar surface area (TPSA) is 71.3 Å². The van der Waals surface area contributed by atoms with Crippen molar-refractivity contribution >= 4 is 34.2 Å². The van der Waals surface area contributed by atoms with E-state index in [1.807, 2.05) is 70.2 Å². The van der Waals surface area contributed by atoms with Gasteiger partial charge in [0.2, 0.25) is 0 Å². The van der Waals surface area contributed by atoms with Crippen molar-refractivity contribution < 1.29 is 14.0 Å². The van der Waals surface area contributed by atoms with E-state index >= 15 is 0 Å². The number of aryl methyl sites for hydroxylation is 3. The summed E-state index contributed by atoms with van der Waals surface area (Å²) in [4.78, 5) is 25.8. The Hall–Kier alpha value is -3.86. The van der Waals surface area contributed by atoms with Crippen LogP contribution in [0.3, 0.4) is 0 Å². The number of furan rings is 1. The van der Waals surface area contributed by atoms with Crippen LogP contribution >= 0.6 is 0 Å². The predicted molar refractivity (Wildman–Crippen MR) is 124 cm³/mol. The van der Waals surface area contributed by atoms with Gasteiger partial charge in [0.1, 0.15) is 5.58 Å². The number of rotatable bonds is 4. The second kappa shape index (κ2) is 8.11. The third-order valence-electron chi connectivity index (χ3n) is 5.55. The van der Waals surface area contributed by atoms with E-state index in [1.54, 1.807) is 18.2 Å². The Morgan fingerprint density at radius 1 is 0.710 bits per heavy atom. The molecule has 2 amide bonds. The van der Waals surface area contributed by atoms with Gasteiger partial charge in [-0.15, -0.1) is 0 Å². The molecule has 0 fully saturated rings. The summed E-state index contributed by atoms with van der Waals surface area (Å²) in [5, 5.41) is 6.76. The van der Waals surface area contributed by atoms with Crippen LogP contribution in [0.15, 0.2) is 65.1 Å². The van der Waals surface area contributed by atoms with Crippen LogP contribution in [0, 0.1) is 27.7 Å². The van der Waals surface area contributed by atoms with Gasteiger partial charge in [0.25, 0.3) is 11.8 Å². The Morgan fingerprint density at radius 2 is 1.42 bits per heavy atom. The quantitative estimate of drug-likeness (QED) is 0.421. The van der Waals surface area contributed by atoms with Crippen LogP contribution in [-0.4, -0.2) is 11.8 Å². The summed E-state index contributed by atoms with van der Waals surface area (Å²) in [7, 11) is 0. The Morgan fingerprint density at radius 3 is 2.13 bits per heavy atom. The van der Waals surface area contributed by atoms with Gasteiger partial charge in [-0.1, -0.05) is 36.4 Å². The number of carbonyl (C=O) groups excluding carboxylic acids is 2. The van der Waals surface area contributed by atoms with E-state index in [2.05, 4.69) is 10.6 Å². The molecule has 0 atom stereocenters. The zero-order valence-corrected chi connectivity index (χ0v) is 18.0. The average molecular weight is 412 g/mol. The van der Waals surface area contributed by atoms with Crippen LogP contribution in [0.25, 0.3) is 11.0 Å². The summed E-state index contributed by atoms with van der Waals surface area (Å²) in [6, 6.07) is 18.5. The number of hydrogen-bond acceptors (Lipinski definition) is 3. The van der Waals surface area contributed by atoms with Crippen molar-refractivity contribution in [2.24, 2.45) is 0 Å². The summed E-state index contributed by atoms with van der Waals surface area (Å²) in [5.41, 5.74) is 6.05. The molecule has 0 aliphatic heterocycles. The Labute approximate surface area is 181 Å². The maximum atomic E-state index is 13.0. The fraction of sp³-hybridized carbons (Fsp3) is 0.154. The van der Waals surface area contributed by atoms with Gasteiger partial charge in [-0.3, -0.25) is 9.59 Å². The van der Waals surface area contributed by atoms with E-state index < -0.39 is 0 Å². The smallest absolute Gasteiger partial charge is 0.291 e. The molecule has 31 heavy (non-hydrogen) atoms. The number of benzene rings is 3. The van der Waals surface area contributed by atoms with E-state index in [4.69, 9.17) is 4.42 Å². The van der Waals surface area contributed by atoms with Gasteiger partial charge in [-0.2, -0.15) is 0 Å². The summed E-state index contributed by atoms with van der Waals surface area (Å²) < 4.78 is 5.95. The fourth-order valence-corrected chi connectivity index (χ4v) is 3.81. The number of nitrogens with one attached hydrogen (secondary N) is 2. The van der Waals surface area contributed by atoms with E-state index in [0.29, 0.717) is 22.5 Å². The van der Waals surface area contributed by atoms with Gasteiger partial charge in [0.05, 0.1) is 0 Å². The average Bonchev–Trinajstić information content (AvgIpc) is 3.11. The molecule has 4 rings (SSSR count). The lowest BCUT2D eigenvalue weighted by Crippen LogP contribution is -2.17. The molecule has 0 unspecified atom stereocenters. The number of hydrogen-bond donors (Lipinski definition) is 2. The number of anilines is 2. The van der Waals surface area contributed by atoms with Crippen molar-refractivity contribution in [3.8, 4) is 0 Å². The Bertz CT molecular complexity index is 1300. The highest BCUT2D eigenvalue weighted by Gasteiger charge is 2.21. The molecule has 1 heterocycles. The normalized spacial score (nSPS) is 10.8. The minimum absolute atomic E-state index is 0.231. The zero-order chi connectivity index (χ0) is 22.1. The molecule has 0 saturated heterocycles. The Kier molecular flexibility index (Phi) is 5.34. The highest BCUT2D eigenvalue weighted by molar-refractivity contribution is 6.10. The van der Waals surface area contributed by atoms with Crippen molar-refractivity contribution in [1.29, 1.82) is 0 Å². The standard InChI is InChI=1S/C26H24N2O3/c1-15-13-14-16(2)23-22(15)18(4)24(31-23)26(30)28-21-12-8-11-20(17(21)3)25(29)27-19-9-6-5-7-10-19/h5-14H,1-4H3,(H,27,29)(H,28,30). The van der Waals surface area contributed by atoms with E-state index in [1.165, 1.54) is 0 Å². The van der Waals surface area contributed by atoms with Crippen LogP contribution in [0.2, 0.25) is 0 Å². The van der Waals surface area contributed by atoms with Crippen molar-refractivity contribution in [2.75, 3.05) is 10.6 Å². The highest BCUT2D eigenvalue weighted by atomic mass is 16.3. The predicted octanol–water partition coefficient (Wildman–Crippen LogP) is 6.17. The lowest BCUT2D eigenvalue weighted by molar-refractivity contribution is 0.0994. The number of para-hydroxylation sites is 1. The van der Waals surface area contributed by atoms with Crippen LogP contribution in [-0.2, 0) is 0 Å². The van der Waals surface area contributed by atoms with Crippen LogP contribution < -0.4 is 10.6 Å². The maximum Gasteiger partial charge on any atom is 0.291 e. The third-order valence-corrected chi connectivity index (χ3v) is 5.55. The summed E-state index contributed by atoms with van der Waals surface area (Å²) in [5.74, 6) is -0.284. The lowest BCUT2D eigenvalue weighted by atomic mass is 10.0. The summed E-state index contributed by atoms with van der Waals surface area (Å²) in [6.07, 6.45) is 0. The largest absolute Gasteiger partial charge is 0.450 e. The lowest BCUT2D eigenvalue weighted by Gasteiger charge is -2.12. The van der Waals surface area contributed by atoms with Gasteiger partial charge < -0.3 is 15.1 Å². The molecule has 5 nitrogen and oxygen atoms in total. The first-order chi connectivity index (χ1) is 14.9.